The lowest BCUT2D eigenvalue weighted by atomic mass is 9.32. The molecule has 5 aliphatic rings. The summed E-state index contributed by atoms with van der Waals surface area (Å²) in [6.07, 6.45) is 4.71. The summed E-state index contributed by atoms with van der Waals surface area (Å²) in [5.74, 6) is 0. The van der Waals surface area contributed by atoms with E-state index in [2.05, 4.69) is 284 Å². The van der Waals surface area contributed by atoms with E-state index in [0.29, 0.717) is 0 Å². The molecule has 82 heavy (non-hydrogen) atoms. The van der Waals surface area contributed by atoms with E-state index in [1.54, 1.807) is 5.56 Å². The summed E-state index contributed by atoms with van der Waals surface area (Å²) in [5, 5.41) is 2.81. The molecule has 416 valence electrons. The summed E-state index contributed by atoms with van der Waals surface area (Å²) in [6.45, 7) is 41.5. The standard InChI is InChI=1S/C77H84BN3S/c1-70(2,3)48-25-31-53(32-26-48)79(54-33-27-49(28-34-54)71(4,5)6)55-45-62-67-63(46-55)81-69-58(75(16)39-21-22-40-76(75,81)17)43-52-44-59(69)78(67)68-61(80(62)60-35-29-50(72(7,8)9)41-56(60)47-23-19-18-20-24-47)36-38-65-66(68)57-42-51(30-37-64(57)82-65)77(52,73(10,11)12)74(13,14)15/h18-20,23-38,41-46H,21-22,39-40H2,1-17H3. The van der Waals surface area contributed by atoms with Crippen molar-refractivity contribution in [2.24, 2.45) is 10.8 Å². The van der Waals surface area contributed by atoms with E-state index in [9.17, 15) is 0 Å². The van der Waals surface area contributed by atoms with Crippen molar-refractivity contribution in [2.75, 3.05) is 14.7 Å². The average Bonchev–Trinajstić information content (AvgIpc) is 1.50. The average molecular weight is 1090 g/mol. The fourth-order valence-corrected chi connectivity index (χ4v) is 18.4. The van der Waals surface area contributed by atoms with Crippen LogP contribution in [0.1, 0.15) is 177 Å². The summed E-state index contributed by atoms with van der Waals surface area (Å²) in [5.41, 5.74) is 24.3. The molecule has 1 aromatic heterocycles. The lowest BCUT2D eigenvalue weighted by Gasteiger charge is -2.55. The Labute approximate surface area is 494 Å². The largest absolute Gasteiger partial charge is 0.335 e. The first kappa shape index (κ1) is 53.5. The fourth-order valence-electron chi connectivity index (χ4n) is 17.3. The maximum atomic E-state index is 2.97. The van der Waals surface area contributed by atoms with E-state index in [1.807, 2.05) is 11.3 Å². The summed E-state index contributed by atoms with van der Waals surface area (Å²) in [4.78, 5) is 8.29. The van der Waals surface area contributed by atoms with Crippen LogP contribution in [0.4, 0.5) is 45.5 Å². The van der Waals surface area contributed by atoms with Crippen LogP contribution < -0.4 is 31.1 Å². The van der Waals surface area contributed by atoms with Crippen LogP contribution in [0.3, 0.4) is 0 Å². The Hall–Kier alpha value is -6.56. The highest BCUT2D eigenvalue weighted by Crippen LogP contribution is 2.66. The van der Waals surface area contributed by atoms with Crippen LogP contribution in [0, 0.1) is 10.8 Å². The first-order chi connectivity index (χ1) is 38.6. The third-order valence-electron chi connectivity index (χ3n) is 21.2. The molecule has 2 unspecified atom stereocenters. The van der Waals surface area contributed by atoms with Gasteiger partial charge in [-0.1, -0.05) is 202 Å². The molecule has 14 rings (SSSR count). The number of fused-ring (bicyclic) bond motifs is 6. The Morgan fingerprint density at radius 3 is 1.67 bits per heavy atom. The summed E-state index contributed by atoms with van der Waals surface area (Å²) < 4.78 is 2.72. The Bertz CT molecular complexity index is 4040. The van der Waals surface area contributed by atoms with Gasteiger partial charge in [-0.05, 0) is 180 Å². The molecule has 4 aliphatic heterocycles. The number of nitrogens with zero attached hydrogens (tertiary/aromatic N) is 3. The molecule has 0 saturated heterocycles. The second-order valence-electron chi connectivity index (χ2n) is 31.0. The molecule has 1 saturated carbocycles. The molecule has 0 amide bonds. The number of rotatable bonds is 5. The molecule has 2 atom stereocenters. The number of hydrogen-bond donors (Lipinski definition) is 0. The summed E-state index contributed by atoms with van der Waals surface area (Å²) >= 11 is 1.98. The SMILES string of the molecule is CC(C)(C)c1ccc(N(c2ccc(C(C)(C)C)cc2)c2cc3c4c(c2)N2c5c6cc(cc5C5(C)CCCCC25C)C(C(C)(C)C)(C(C)(C)C)c2ccc5sc7ccc(c(c7c5c2)B64)N3c2ccc(C(C)(C)C)cc2-c2ccccc2)cc1. The first-order valence-electron chi connectivity index (χ1n) is 30.7. The van der Waals surface area contributed by atoms with Crippen molar-refractivity contribution in [1.29, 1.82) is 0 Å². The summed E-state index contributed by atoms with van der Waals surface area (Å²) in [7, 11) is 0. The quantitative estimate of drug-likeness (QED) is 0.159. The molecule has 1 aliphatic carbocycles. The lowest BCUT2D eigenvalue weighted by Crippen LogP contribution is -2.65. The summed E-state index contributed by atoms with van der Waals surface area (Å²) in [6, 6.07) is 61.2. The van der Waals surface area contributed by atoms with E-state index in [-0.39, 0.29) is 50.2 Å². The van der Waals surface area contributed by atoms with E-state index >= 15 is 0 Å². The monoisotopic (exact) mass is 1090 g/mol. The second kappa shape index (κ2) is 17.3. The maximum absolute atomic E-state index is 2.97. The molecule has 0 N–H and O–H groups in total. The van der Waals surface area contributed by atoms with Gasteiger partial charge in [0.25, 0.3) is 6.71 Å². The molecule has 1 fully saturated rings. The number of benzene rings is 8. The van der Waals surface area contributed by atoms with E-state index < -0.39 is 0 Å². The van der Waals surface area contributed by atoms with Gasteiger partial charge in [0.1, 0.15) is 0 Å². The first-order valence-corrected chi connectivity index (χ1v) is 31.6. The van der Waals surface area contributed by atoms with Gasteiger partial charge >= 0.3 is 0 Å². The van der Waals surface area contributed by atoms with Crippen LogP contribution in [0.2, 0.25) is 0 Å². The Balaban J connectivity index is 1.19. The number of anilines is 8. The normalized spacial score (nSPS) is 19.7. The molecule has 5 heteroatoms. The zero-order valence-electron chi connectivity index (χ0n) is 52.1. The molecular weight excluding hydrogens is 1010 g/mol. The Morgan fingerprint density at radius 2 is 1.06 bits per heavy atom. The molecule has 3 nitrogen and oxygen atoms in total. The predicted octanol–water partition coefficient (Wildman–Crippen LogP) is 20.1. The highest BCUT2D eigenvalue weighted by atomic mass is 32.1. The van der Waals surface area contributed by atoms with Gasteiger partial charge in [-0.3, -0.25) is 0 Å². The minimum atomic E-state index is -0.337. The third kappa shape index (κ3) is 7.26. The van der Waals surface area contributed by atoms with Crippen molar-refractivity contribution in [3.05, 3.63) is 185 Å². The fraction of sp³-hybridized carbons (Fsp3) is 0.377. The molecule has 0 spiro atoms. The smallest absolute Gasteiger partial charge is 0.253 e. The van der Waals surface area contributed by atoms with Gasteiger partial charge in [0.15, 0.2) is 0 Å². The van der Waals surface area contributed by atoms with Crippen molar-refractivity contribution in [3.8, 4) is 11.1 Å². The maximum Gasteiger partial charge on any atom is 0.253 e. The molecule has 8 aromatic carbocycles. The van der Waals surface area contributed by atoms with Crippen LogP contribution in [-0.4, -0.2) is 12.3 Å². The van der Waals surface area contributed by atoms with E-state index in [0.717, 1.165) is 24.2 Å². The van der Waals surface area contributed by atoms with Crippen molar-refractivity contribution < 1.29 is 0 Å². The minimum Gasteiger partial charge on any atom is -0.335 e. The van der Waals surface area contributed by atoms with Gasteiger partial charge < -0.3 is 14.7 Å². The van der Waals surface area contributed by atoms with Gasteiger partial charge in [-0.2, -0.15) is 0 Å². The highest BCUT2D eigenvalue weighted by Gasteiger charge is 2.63. The van der Waals surface area contributed by atoms with Crippen molar-refractivity contribution in [1.82, 2.24) is 0 Å². The van der Waals surface area contributed by atoms with Crippen LogP contribution in [-0.2, 0) is 27.1 Å². The van der Waals surface area contributed by atoms with Crippen LogP contribution >= 0.6 is 11.3 Å². The number of hydrogen-bond acceptors (Lipinski definition) is 4. The zero-order chi connectivity index (χ0) is 57.8. The van der Waals surface area contributed by atoms with Crippen molar-refractivity contribution in [2.45, 2.75) is 176 Å². The van der Waals surface area contributed by atoms with Gasteiger partial charge in [-0.25, -0.2) is 0 Å². The molecular formula is C77H84BN3S. The van der Waals surface area contributed by atoms with Gasteiger partial charge in [-0.15, -0.1) is 11.3 Å². The molecule has 0 radical (unpaired) electrons. The van der Waals surface area contributed by atoms with Crippen LogP contribution in [0.5, 0.6) is 0 Å². The van der Waals surface area contributed by atoms with Crippen LogP contribution in [0.15, 0.2) is 152 Å². The topological polar surface area (TPSA) is 9.72 Å². The van der Waals surface area contributed by atoms with Gasteiger partial charge in [0.2, 0.25) is 0 Å². The Morgan fingerprint density at radius 1 is 0.488 bits per heavy atom. The lowest BCUT2D eigenvalue weighted by molar-refractivity contribution is 0.0906. The molecule has 9 aromatic rings. The molecule has 4 bridgehead atoms. The Kier molecular flexibility index (Phi) is 11.3. The minimum absolute atomic E-state index is 0.0130. The third-order valence-corrected chi connectivity index (χ3v) is 22.3. The van der Waals surface area contributed by atoms with Crippen molar-refractivity contribution in [3.63, 3.8) is 0 Å². The molecule has 5 heterocycles. The van der Waals surface area contributed by atoms with Gasteiger partial charge in [0.05, 0.1) is 16.9 Å². The number of thiophene rings is 1. The second-order valence-corrected chi connectivity index (χ2v) is 32.1. The highest BCUT2D eigenvalue weighted by molar-refractivity contribution is 7.26. The van der Waals surface area contributed by atoms with Crippen LogP contribution in [0.25, 0.3) is 31.3 Å². The predicted molar refractivity (Wildman–Crippen MR) is 357 cm³/mol. The van der Waals surface area contributed by atoms with E-state index in [4.69, 9.17) is 0 Å². The van der Waals surface area contributed by atoms with Gasteiger partial charge in [0, 0.05) is 65.3 Å². The van der Waals surface area contributed by atoms with Crippen molar-refractivity contribution >= 4 is 100 Å². The zero-order valence-corrected chi connectivity index (χ0v) is 52.9. The van der Waals surface area contributed by atoms with E-state index in [1.165, 1.54) is 122 Å².